The van der Waals surface area contributed by atoms with Gasteiger partial charge in [0.2, 0.25) is 5.91 Å². The smallest absolute Gasteiger partial charge is 0.255 e. The second-order valence-electron chi connectivity index (χ2n) is 8.42. The molecule has 0 saturated carbocycles. The van der Waals surface area contributed by atoms with Crippen molar-refractivity contribution >= 4 is 11.8 Å². The van der Waals surface area contributed by atoms with E-state index in [9.17, 15) is 14.0 Å². The number of nitrogens with two attached hydrogens (primary N) is 1. The largest absolute Gasteiger partial charge is 0.368 e. The first-order valence-corrected chi connectivity index (χ1v) is 10.7. The van der Waals surface area contributed by atoms with Crippen LogP contribution in [0.25, 0.3) is 5.69 Å². The van der Waals surface area contributed by atoms with Gasteiger partial charge in [-0.1, -0.05) is 6.07 Å². The molecule has 0 bridgehead atoms. The predicted octanol–water partition coefficient (Wildman–Crippen LogP) is 2.79. The van der Waals surface area contributed by atoms with Crippen LogP contribution in [0.4, 0.5) is 4.39 Å². The van der Waals surface area contributed by atoms with Crippen molar-refractivity contribution in [1.82, 2.24) is 14.4 Å². The molecular formula is C23H29FN4O2. The van der Waals surface area contributed by atoms with Crippen molar-refractivity contribution in [2.24, 2.45) is 5.73 Å². The third-order valence-electron chi connectivity index (χ3n) is 6.57. The summed E-state index contributed by atoms with van der Waals surface area (Å²) in [6.45, 7) is 6.06. The molecule has 2 N–H and O–H groups in total. The second-order valence-corrected chi connectivity index (χ2v) is 8.42. The lowest BCUT2D eigenvalue weighted by Gasteiger charge is -2.38. The number of carbonyl (C=O) groups excluding carboxylic acids is 2. The predicted molar refractivity (Wildman–Crippen MR) is 113 cm³/mol. The number of benzene rings is 1. The number of amides is 2. The Bertz CT molecular complexity index is 962. The number of primary amides is 1. The lowest BCUT2D eigenvalue weighted by atomic mass is 10.0. The normalized spacial score (nSPS) is 20.6. The van der Waals surface area contributed by atoms with Crippen molar-refractivity contribution in [2.75, 3.05) is 19.6 Å². The quantitative estimate of drug-likeness (QED) is 0.839. The lowest BCUT2D eigenvalue weighted by molar-refractivity contribution is -0.123. The second kappa shape index (κ2) is 8.22. The summed E-state index contributed by atoms with van der Waals surface area (Å²) in [5, 5.41) is 0. The fourth-order valence-corrected chi connectivity index (χ4v) is 5.09. The topological polar surface area (TPSA) is 71.6 Å². The van der Waals surface area contributed by atoms with E-state index in [0.717, 1.165) is 43.6 Å². The summed E-state index contributed by atoms with van der Waals surface area (Å²) in [4.78, 5) is 29.1. The van der Waals surface area contributed by atoms with Crippen LogP contribution in [0.1, 0.15) is 47.4 Å². The molecule has 1 atom stereocenters. The minimum Gasteiger partial charge on any atom is -0.368 e. The van der Waals surface area contributed by atoms with E-state index in [1.165, 1.54) is 12.1 Å². The first-order valence-electron chi connectivity index (χ1n) is 10.7. The molecule has 3 heterocycles. The maximum atomic E-state index is 13.7. The van der Waals surface area contributed by atoms with Gasteiger partial charge in [-0.2, -0.15) is 0 Å². The highest BCUT2D eigenvalue weighted by molar-refractivity contribution is 5.96. The zero-order valence-electron chi connectivity index (χ0n) is 17.6. The molecule has 1 unspecified atom stereocenters. The van der Waals surface area contributed by atoms with Crippen LogP contribution in [0.15, 0.2) is 30.3 Å². The van der Waals surface area contributed by atoms with E-state index < -0.39 is 0 Å². The van der Waals surface area contributed by atoms with Crippen LogP contribution in [0, 0.1) is 19.7 Å². The molecule has 160 valence electrons. The van der Waals surface area contributed by atoms with Crippen molar-refractivity contribution < 1.29 is 14.0 Å². The molecule has 30 heavy (non-hydrogen) atoms. The van der Waals surface area contributed by atoms with E-state index in [2.05, 4.69) is 4.90 Å². The maximum Gasteiger partial charge on any atom is 0.255 e. The van der Waals surface area contributed by atoms with E-state index in [-0.39, 0.29) is 23.7 Å². The Labute approximate surface area is 176 Å². The van der Waals surface area contributed by atoms with Gasteiger partial charge in [0, 0.05) is 36.2 Å². The van der Waals surface area contributed by atoms with Crippen LogP contribution in [0.5, 0.6) is 0 Å². The summed E-state index contributed by atoms with van der Waals surface area (Å²) in [6, 6.07) is 8.43. The average Bonchev–Trinajstić information content (AvgIpc) is 3.32. The Balaban J connectivity index is 1.47. The van der Waals surface area contributed by atoms with Gasteiger partial charge >= 0.3 is 0 Å². The summed E-state index contributed by atoms with van der Waals surface area (Å²) in [6.07, 6.45) is 3.52. The summed E-state index contributed by atoms with van der Waals surface area (Å²) < 4.78 is 15.6. The van der Waals surface area contributed by atoms with E-state index in [1.807, 2.05) is 35.4 Å². The monoisotopic (exact) mass is 412 g/mol. The fourth-order valence-electron chi connectivity index (χ4n) is 5.09. The zero-order chi connectivity index (χ0) is 21.4. The number of hydrogen-bond donors (Lipinski definition) is 1. The van der Waals surface area contributed by atoms with E-state index in [0.29, 0.717) is 30.4 Å². The van der Waals surface area contributed by atoms with Crippen LogP contribution < -0.4 is 5.73 Å². The molecule has 7 heteroatoms. The number of halogens is 1. The zero-order valence-corrected chi connectivity index (χ0v) is 17.6. The molecule has 2 aromatic rings. The van der Waals surface area contributed by atoms with Crippen LogP contribution >= 0.6 is 0 Å². The maximum absolute atomic E-state index is 13.7. The number of rotatable bonds is 4. The number of carbonyl (C=O) groups is 2. The molecule has 2 saturated heterocycles. The molecule has 2 aliphatic rings. The molecule has 2 aliphatic heterocycles. The molecule has 1 aromatic carbocycles. The van der Waals surface area contributed by atoms with Gasteiger partial charge in [-0.15, -0.1) is 0 Å². The van der Waals surface area contributed by atoms with Gasteiger partial charge in [0.15, 0.2) is 0 Å². The average molecular weight is 413 g/mol. The molecule has 1 aromatic heterocycles. The lowest BCUT2D eigenvalue weighted by Crippen LogP contribution is -2.51. The number of likely N-dealkylation sites (tertiary alicyclic amines) is 2. The van der Waals surface area contributed by atoms with Crippen LogP contribution in [0.2, 0.25) is 0 Å². The van der Waals surface area contributed by atoms with E-state index in [4.69, 9.17) is 5.73 Å². The highest BCUT2D eigenvalue weighted by atomic mass is 19.1. The highest BCUT2D eigenvalue weighted by Gasteiger charge is 2.36. The van der Waals surface area contributed by atoms with Gasteiger partial charge in [0.1, 0.15) is 5.82 Å². The van der Waals surface area contributed by atoms with Gasteiger partial charge in [-0.3, -0.25) is 14.5 Å². The molecule has 0 spiro atoms. The Kier molecular flexibility index (Phi) is 5.64. The van der Waals surface area contributed by atoms with Crippen molar-refractivity contribution in [1.29, 1.82) is 0 Å². The number of aromatic nitrogens is 1. The molecule has 2 amide bonds. The first kappa shape index (κ1) is 20.6. The number of hydrogen-bond acceptors (Lipinski definition) is 3. The molecule has 0 aliphatic carbocycles. The Morgan fingerprint density at radius 2 is 1.80 bits per heavy atom. The summed E-state index contributed by atoms with van der Waals surface area (Å²) >= 11 is 0. The summed E-state index contributed by atoms with van der Waals surface area (Å²) in [7, 11) is 0. The molecule has 2 fully saturated rings. The Hall–Kier alpha value is -2.67. The van der Waals surface area contributed by atoms with E-state index in [1.54, 1.807) is 6.07 Å². The van der Waals surface area contributed by atoms with Gasteiger partial charge in [-0.25, -0.2) is 4.39 Å². The molecule has 6 nitrogen and oxygen atoms in total. The van der Waals surface area contributed by atoms with Crippen molar-refractivity contribution in [2.45, 2.75) is 51.6 Å². The number of nitrogens with zero attached hydrogens (tertiary/aromatic N) is 3. The van der Waals surface area contributed by atoms with Crippen molar-refractivity contribution in [3.63, 3.8) is 0 Å². The van der Waals surface area contributed by atoms with E-state index >= 15 is 0 Å². The van der Waals surface area contributed by atoms with Gasteiger partial charge in [0.25, 0.3) is 5.91 Å². The molecular weight excluding hydrogens is 383 g/mol. The number of piperidine rings is 1. The van der Waals surface area contributed by atoms with Gasteiger partial charge < -0.3 is 15.2 Å². The SMILES string of the molecule is Cc1cc(C(=O)N2CCC(N3CCCC3C(N)=O)CC2)c(C)n1-c1cccc(F)c1. The van der Waals surface area contributed by atoms with Crippen molar-refractivity contribution in [3.05, 3.63) is 53.1 Å². The summed E-state index contributed by atoms with van der Waals surface area (Å²) in [5.41, 5.74) is 8.66. The van der Waals surface area contributed by atoms with Crippen LogP contribution in [-0.4, -0.2) is 57.9 Å². The minimum absolute atomic E-state index is 0.0112. The highest BCUT2D eigenvalue weighted by Crippen LogP contribution is 2.28. The number of aryl methyl sites for hydroxylation is 1. The van der Waals surface area contributed by atoms with Crippen molar-refractivity contribution in [3.8, 4) is 5.69 Å². The standard InChI is InChI=1S/C23H29FN4O2/c1-15-13-20(16(2)28(15)19-6-3-5-17(24)14-19)23(30)26-11-8-18(9-12-26)27-10-4-7-21(27)22(25)29/h3,5-6,13-14,18,21H,4,7-12H2,1-2H3,(H2,25,29). The minimum atomic E-state index is -0.300. The fraction of sp³-hybridized carbons (Fsp3) is 0.478. The van der Waals surface area contributed by atoms with Crippen LogP contribution in [-0.2, 0) is 4.79 Å². The Morgan fingerprint density at radius 3 is 2.47 bits per heavy atom. The Morgan fingerprint density at radius 1 is 1.07 bits per heavy atom. The van der Waals surface area contributed by atoms with Crippen LogP contribution in [0.3, 0.4) is 0 Å². The third kappa shape index (κ3) is 3.74. The third-order valence-corrected chi connectivity index (χ3v) is 6.57. The first-order chi connectivity index (χ1) is 14.4. The van der Waals surface area contributed by atoms with Gasteiger partial charge in [0.05, 0.1) is 11.6 Å². The van der Waals surface area contributed by atoms with Gasteiger partial charge in [-0.05, 0) is 70.3 Å². The molecule has 4 rings (SSSR count). The molecule has 0 radical (unpaired) electrons. The summed E-state index contributed by atoms with van der Waals surface area (Å²) in [5.74, 6) is -0.529.